The lowest BCUT2D eigenvalue weighted by molar-refractivity contribution is 0.726. The summed E-state index contributed by atoms with van der Waals surface area (Å²) in [5.74, 6) is 1.54. The van der Waals surface area contributed by atoms with Gasteiger partial charge in [0, 0.05) is 24.2 Å². The monoisotopic (exact) mass is 304 g/mol. The number of hydrogen-bond donors (Lipinski definition) is 0. The number of nitriles is 1. The van der Waals surface area contributed by atoms with Crippen LogP contribution in [0.2, 0.25) is 0 Å². The van der Waals surface area contributed by atoms with E-state index in [4.69, 9.17) is 5.26 Å². The van der Waals surface area contributed by atoms with E-state index in [1.54, 1.807) is 4.52 Å². The molecule has 2 aromatic heterocycles. The van der Waals surface area contributed by atoms with Gasteiger partial charge in [-0.2, -0.15) is 24.8 Å². The molecule has 1 aromatic carbocycles. The van der Waals surface area contributed by atoms with Crippen molar-refractivity contribution in [2.24, 2.45) is 0 Å². The number of rotatable bonds is 2. The zero-order valence-corrected chi connectivity index (χ0v) is 12.8. The van der Waals surface area contributed by atoms with Gasteiger partial charge < -0.3 is 4.90 Å². The van der Waals surface area contributed by atoms with E-state index < -0.39 is 0 Å². The van der Waals surface area contributed by atoms with Gasteiger partial charge in [-0.05, 0) is 31.9 Å². The molecule has 1 unspecified atom stereocenters. The molecule has 0 spiro atoms. The molecule has 6 nitrogen and oxygen atoms in total. The van der Waals surface area contributed by atoms with Crippen molar-refractivity contribution in [2.75, 3.05) is 11.4 Å². The summed E-state index contributed by atoms with van der Waals surface area (Å²) < 4.78 is 1.74. The first kappa shape index (κ1) is 13.7. The summed E-state index contributed by atoms with van der Waals surface area (Å²) in [6.07, 6.45) is 3.89. The third-order valence-electron chi connectivity index (χ3n) is 4.40. The number of aromatic nitrogens is 4. The molecule has 3 heterocycles. The Bertz CT molecular complexity index is 890. The third-order valence-corrected chi connectivity index (χ3v) is 4.40. The van der Waals surface area contributed by atoms with E-state index >= 15 is 0 Å². The Balaban J connectivity index is 1.87. The third kappa shape index (κ3) is 2.30. The van der Waals surface area contributed by atoms with Crippen molar-refractivity contribution in [1.82, 2.24) is 19.6 Å². The predicted molar refractivity (Wildman–Crippen MR) is 87.0 cm³/mol. The molecule has 1 aliphatic heterocycles. The number of anilines is 1. The standard InChI is InChI=1S/C17H16N6/c1-12-3-2-8-22(12)16-9-15(23-17(21-16)19-11-20-23)14-6-4-13(10-18)5-7-14/h4-7,9,11-12H,2-3,8H2,1H3. The lowest BCUT2D eigenvalue weighted by atomic mass is 10.1. The fourth-order valence-electron chi connectivity index (χ4n) is 3.14. The van der Waals surface area contributed by atoms with Crippen LogP contribution >= 0.6 is 0 Å². The van der Waals surface area contributed by atoms with Crippen LogP contribution in [0.4, 0.5) is 5.82 Å². The lowest BCUT2D eigenvalue weighted by Gasteiger charge is -2.23. The molecule has 1 saturated heterocycles. The summed E-state index contributed by atoms with van der Waals surface area (Å²) in [6.45, 7) is 3.25. The van der Waals surface area contributed by atoms with Gasteiger partial charge in [0.05, 0.1) is 17.3 Å². The summed E-state index contributed by atoms with van der Waals surface area (Å²) >= 11 is 0. The summed E-state index contributed by atoms with van der Waals surface area (Å²) in [7, 11) is 0. The number of hydrogen-bond acceptors (Lipinski definition) is 5. The Kier molecular flexibility index (Phi) is 3.19. The van der Waals surface area contributed by atoms with Crippen molar-refractivity contribution in [3.05, 3.63) is 42.2 Å². The van der Waals surface area contributed by atoms with Gasteiger partial charge in [-0.3, -0.25) is 0 Å². The molecule has 4 rings (SSSR count). The van der Waals surface area contributed by atoms with Crippen LogP contribution in [0.25, 0.3) is 17.0 Å². The normalized spacial score (nSPS) is 17.6. The maximum atomic E-state index is 8.96. The van der Waals surface area contributed by atoms with E-state index in [1.165, 1.54) is 19.2 Å². The molecule has 3 aromatic rings. The van der Waals surface area contributed by atoms with Gasteiger partial charge in [-0.15, -0.1) is 0 Å². The molecule has 23 heavy (non-hydrogen) atoms. The highest BCUT2D eigenvalue weighted by Gasteiger charge is 2.23. The minimum Gasteiger partial charge on any atom is -0.354 e. The molecule has 0 bridgehead atoms. The van der Waals surface area contributed by atoms with Crippen LogP contribution in [0.1, 0.15) is 25.3 Å². The van der Waals surface area contributed by atoms with Crippen LogP contribution in [0.5, 0.6) is 0 Å². The highest BCUT2D eigenvalue weighted by Crippen LogP contribution is 2.28. The van der Waals surface area contributed by atoms with Crippen LogP contribution in [-0.4, -0.2) is 32.2 Å². The lowest BCUT2D eigenvalue weighted by Crippen LogP contribution is -2.27. The SMILES string of the molecule is CC1CCCN1c1cc(-c2ccc(C#N)cc2)n2ncnc2n1. The van der Waals surface area contributed by atoms with Crippen LogP contribution in [-0.2, 0) is 0 Å². The van der Waals surface area contributed by atoms with Crippen LogP contribution in [0.3, 0.4) is 0 Å². The highest BCUT2D eigenvalue weighted by molar-refractivity contribution is 5.67. The second kappa shape index (κ2) is 5.36. The Morgan fingerprint density at radius 2 is 2.09 bits per heavy atom. The topological polar surface area (TPSA) is 70.1 Å². The smallest absolute Gasteiger partial charge is 0.254 e. The summed E-state index contributed by atoms with van der Waals surface area (Å²) in [4.78, 5) is 11.2. The zero-order chi connectivity index (χ0) is 15.8. The van der Waals surface area contributed by atoms with Crippen LogP contribution < -0.4 is 4.90 Å². The fourth-order valence-corrected chi connectivity index (χ4v) is 3.14. The van der Waals surface area contributed by atoms with Gasteiger partial charge in [0.15, 0.2) is 0 Å². The molecule has 6 heteroatoms. The molecule has 0 aliphatic carbocycles. The summed E-state index contributed by atoms with van der Waals surface area (Å²) in [5, 5.41) is 13.2. The molecule has 114 valence electrons. The van der Waals surface area contributed by atoms with Gasteiger partial charge in [0.2, 0.25) is 0 Å². The fraction of sp³-hybridized carbons (Fsp3) is 0.294. The van der Waals surface area contributed by atoms with Gasteiger partial charge in [0.25, 0.3) is 5.78 Å². The van der Waals surface area contributed by atoms with E-state index in [0.29, 0.717) is 17.4 Å². The van der Waals surface area contributed by atoms with Crippen molar-refractivity contribution in [3.63, 3.8) is 0 Å². The average molecular weight is 304 g/mol. The molecule has 1 aliphatic rings. The molecular weight excluding hydrogens is 288 g/mol. The largest absolute Gasteiger partial charge is 0.354 e. The van der Waals surface area contributed by atoms with Gasteiger partial charge in [0.1, 0.15) is 12.1 Å². The maximum Gasteiger partial charge on any atom is 0.254 e. The summed E-state index contributed by atoms with van der Waals surface area (Å²) in [5.41, 5.74) is 2.58. The van der Waals surface area contributed by atoms with Gasteiger partial charge in [-0.1, -0.05) is 12.1 Å². The first-order valence-corrected chi connectivity index (χ1v) is 7.74. The van der Waals surface area contributed by atoms with Crippen molar-refractivity contribution in [1.29, 1.82) is 5.26 Å². The molecule has 0 amide bonds. The van der Waals surface area contributed by atoms with Gasteiger partial charge >= 0.3 is 0 Å². The van der Waals surface area contributed by atoms with E-state index in [0.717, 1.165) is 23.6 Å². The second-order valence-corrected chi connectivity index (χ2v) is 5.85. The number of fused-ring (bicyclic) bond motifs is 1. The first-order valence-electron chi connectivity index (χ1n) is 7.74. The highest BCUT2D eigenvalue weighted by atomic mass is 15.3. The van der Waals surface area contributed by atoms with E-state index in [9.17, 15) is 0 Å². The molecule has 1 fully saturated rings. The second-order valence-electron chi connectivity index (χ2n) is 5.85. The van der Waals surface area contributed by atoms with Crippen molar-refractivity contribution in [2.45, 2.75) is 25.8 Å². The number of benzene rings is 1. The van der Waals surface area contributed by atoms with Crippen LogP contribution in [0, 0.1) is 11.3 Å². The van der Waals surface area contributed by atoms with Crippen LogP contribution in [0.15, 0.2) is 36.7 Å². The van der Waals surface area contributed by atoms with Gasteiger partial charge in [-0.25, -0.2) is 0 Å². The van der Waals surface area contributed by atoms with Crippen molar-refractivity contribution >= 4 is 11.6 Å². The Morgan fingerprint density at radius 3 is 2.78 bits per heavy atom. The van der Waals surface area contributed by atoms with Crippen molar-refractivity contribution in [3.8, 4) is 17.3 Å². The average Bonchev–Trinajstić information content (AvgIpc) is 3.22. The quantitative estimate of drug-likeness (QED) is 0.728. The summed E-state index contributed by atoms with van der Waals surface area (Å²) in [6, 6.07) is 12.2. The Morgan fingerprint density at radius 1 is 1.26 bits per heavy atom. The maximum absolute atomic E-state index is 8.96. The minimum absolute atomic E-state index is 0.488. The first-order chi connectivity index (χ1) is 11.3. The number of nitrogens with zero attached hydrogens (tertiary/aromatic N) is 6. The molecule has 1 atom stereocenters. The predicted octanol–water partition coefficient (Wildman–Crippen LogP) is 2.65. The Labute approximate surface area is 134 Å². The van der Waals surface area contributed by atoms with E-state index in [1.807, 2.05) is 24.3 Å². The molecule has 0 N–H and O–H groups in total. The molecular formula is C17H16N6. The van der Waals surface area contributed by atoms with Crippen molar-refractivity contribution < 1.29 is 0 Å². The molecule has 0 saturated carbocycles. The Hall–Kier alpha value is -2.94. The zero-order valence-electron chi connectivity index (χ0n) is 12.8. The minimum atomic E-state index is 0.488. The van der Waals surface area contributed by atoms with E-state index in [2.05, 4.69) is 39.0 Å². The molecule has 0 radical (unpaired) electrons. The van der Waals surface area contributed by atoms with E-state index in [-0.39, 0.29) is 0 Å².